The van der Waals surface area contributed by atoms with Gasteiger partial charge in [-0.3, -0.25) is 13.9 Å². The van der Waals surface area contributed by atoms with Crippen LogP contribution in [-0.2, 0) is 12.3 Å². The molecule has 0 saturated heterocycles. The zero-order valence-electron chi connectivity index (χ0n) is 20.8. The predicted octanol–water partition coefficient (Wildman–Crippen LogP) is 6.19. The number of fused-ring (bicyclic) bond motifs is 2. The fraction of sp³-hybridized carbons (Fsp3) is 0.179. The van der Waals surface area contributed by atoms with E-state index in [4.69, 9.17) is 12.2 Å². The van der Waals surface area contributed by atoms with E-state index in [1.165, 1.54) is 25.1 Å². The molecule has 7 nitrogen and oxygen atoms in total. The van der Waals surface area contributed by atoms with Crippen molar-refractivity contribution in [3.05, 3.63) is 98.5 Å². The molecule has 0 aliphatic rings. The lowest BCUT2D eigenvalue weighted by Crippen LogP contribution is -2.13. The third-order valence-electron chi connectivity index (χ3n) is 6.37. The first kappa shape index (κ1) is 25.2. The Morgan fingerprint density at radius 3 is 2.61 bits per heavy atom. The van der Waals surface area contributed by atoms with Gasteiger partial charge in [-0.1, -0.05) is 13.0 Å². The lowest BCUT2D eigenvalue weighted by Gasteiger charge is -2.16. The number of hydrogen-bond donors (Lipinski definition) is 1. The van der Waals surface area contributed by atoms with Crippen LogP contribution in [0.25, 0.3) is 33.4 Å². The van der Waals surface area contributed by atoms with Gasteiger partial charge in [0.1, 0.15) is 5.82 Å². The first-order valence-corrected chi connectivity index (χ1v) is 12.3. The van der Waals surface area contributed by atoms with Gasteiger partial charge in [-0.25, -0.2) is 9.97 Å². The number of aromatic nitrogens is 5. The monoisotopic (exact) mass is 528 g/mol. The van der Waals surface area contributed by atoms with Crippen molar-refractivity contribution < 1.29 is 8.78 Å². The summed E-state index contributed by atoms with van der Waals surface area (Å²) in [4.78, 5) is 24.6. The third kappa shape index (κ3) is 4.01. The fourth-order valence-corrected chi connectivity index (χ4v) is 4.95. The van der Waals surface area contributed by atoms with Gasteiger partial charge in [0.15, 0.2) is 10.4 Å². The number of halogens is 2. The lowest BCUT2D eigenvalue weighted by atomic mass is 10.0. The van der Waals surface area contributed by atoms with Gasteiger partial charge in [0.05, 0.1) is 33.7 Å². The molecule has 0 radical (unpaired) electrons. The summed E-state index contributed by atoms with van der Waals surface area (Å²) in [6.45, 7) is 5.30. The van der Waals surface area contributed by atoms with Crippen LogP contribution in [0.1, 0.15) is 36.4 Å². The van der Waals surface area contributed by atoms with E-state index in [1.54, 1.807) is 33.5 Å². The Morgan fingerprint density at radius 1 is 1.16 bits per heavy atom. The van der Waals surface area contributed by atoms with E-state index in [0.29, 0.717) is 45.7 Å². The number of nitrogens with one attached hydrogen (secondary N) is 1. The minimum Gasteiger partial charge on any atom is -0.310 e. The molecule has 0 bridgehead atoms. The van der Waals surface area contributed by atoms with Gasteiger partial charge >= 0.3 is 0 Å². The first-order valence-electron chi connectivity index (χ1n) is 11.9. The number of nitriles is 1. The molecule has 0 aliphatic carbocycles. The smallest absolute Gasteiger partial charge is 0.293 e. The summed E-state index contributed by atoms with van der Waals surface area (Å²) < 4.78 is 33.5. The summed E-state index contributed by atoms with van der Waals surface area (Å²) in [6, 6.07) is 13.1. The topological polar surface area (TPSA) is 92.3 Å². The number of benzene rings is 2. The van der Waals surface area contributed by atoms with Crippen molar-refractivity contribution >= 4 is 34.3 Å². The van der Waals surface area contributed by atoms with Gasteiger partial charge in [0, 0.05) is 23.9 Å². The summed E-state index contributed by atoms with van der Waals surface area (Å²) in [6.07, 6.45) is 4.21. The van der Waals surface area contributed by atoms with Crippen LogP contribution in [0, 0.1) is 23.0 Å². The van der Waals surface area contributed by atoms with Gasteiger partial charge in [-0.05, 0) is 80.2 Å². The van der Waals surface area contributed by atoms with Gasteiger partial charge in [0.2, 0.25) is 0 Å². The molecule has 5 aromatic rings. The highest BCUT2D eigenvalue weighted by Crippen LogP contribution is 2.35. The van der Waals surface area contributed by atoms with Gasteiger partial charge in [-0.2, -0.15) is 14.0 Å². The van der Waals surface area contributed by atoms with E-state index in [0.717, 1.165) is 11.6 Å². The summed E-state index contributed by atoms with van der Waals surface area (Å²) >= 11 is 5.88. The highest BCUT2D eigenvalue weighted by atomic mass is 32.1. The second kappa shape index (κ2) is 9.43. The van der Waals surface area contributed by atoms with Crippen LogP contribution in [-0.4, -0.2) is 24.1 Å². The number of alkyl halides is 2. The van der Waals surface area contributed by atoms with E-state index in [9.17, 15) is 18.8 Å². The molecule has 0 aliphatic heterocycles. The van der Waals surface area contributed by atoms with Crippen LogP contribution < -0.4 is 5.56 Å². The largest absolute Gasteiger partial charge is 0.310 e. The Bertz CT molecular complexity index is 1930. The number of imidazole rings is 1. The Hall–Kier alpha value is -4.49. The van der Waals surface area contributed by atoms with E-state index < -0.39 is 11.5 Å². The number of aromatic amines is 1. The van der Waals surface area contributed by atoms with Crippen molar-refractivity contribution in [2.75, 3.05) is 0 Å². The highest BCUT2D eigenvalue weighted by molar-refractivity contribution is 7.71. The van der Waals surface area contributed by atoms with E-state index in [2.05, 4.69) is 15.0 Å². The average Bonchev–Trinajstić information content (AvgIpc) is 3.21. The van der Waals surface area contributed by atoms with Gasteiger partial charge < -0.3 is 4.98 Å². The van der Waals surface area contributed by atoms with Crippen LogP contribution in [0.4, 0.5) is 8.78 Å². The highest BCUT2D eigenvalue weighted by Gasteiger charge is 2.31. The molecule has 0 fully saturated rings. The number of hydrogen-bond acceptors (Lipinski definition) is 5. The second-order valence-electron chi connectivity index (χ2n) is 8.79. The molecule has 2 aromatic carbocycles. The Balaban J connectivity index is 1.82. The molecular weight excluding hydrogens is 506 g/mol. The molecular formula is C28H22F2N6OS. The van der Waals surface area contributed by atoms with Crippen molar-refractivity contribution in [2.45, 2.75) is 33.1 Å². The SMILES string of the molecule is C/C=C/C(F)(F)c1cc(-n2c(=S)n(-c3ccc4nc(CC)[nH]c(=O)c4c3)c3c(C)ccnc32)ccc1C#N. The summed E-state index contributed by atoms with van der Waals surface area (Å²) in [5.41, 5.74) is 2.64. The van der Waals surface area contributed by atoms with Gasteiger partial charge in [0.25, 0.3) is 11.5 Å². The Kier molecular flexibility index (Phi) is 6.25. The Labute approximate surface area is 221 Å². The van der Waals surface area contributed by atoms with E-state index >= 15 is 0 Å². The lowest BCUT2D eigenvalue weighted by molar-refractivity contribution is 0.0517. The molecule has 0 atom stereocenters. The standard InChI is InChI=1S/C28H22F2N6OS/c1-4-11-28(29,30)21-14-19(7-6-17(21)15-31)36-25-24(16(3)10-12-32-25)35(27(36)38)18-8-9-22-20(13-18)26(37)34-23(5-2)33-22/h4,6-14H,5H2,1-3H3,(H,33,34,37)/b11-4+. The van der Waals surface area contributed by atoms with Crippen LogP contribution in [0.3, 0.4) is 0 Å². The van der Waals surface area contributed by atoms with Crippen LogP contribution in [0.15, 0.2) is 65.6 Å². The fourth-order valence-electron chi connectivity index (χ4n) is 4.56. The molecule has 1 N–H and O–H groups in total. The number of H-pyrrole nitrogens is 1. The summed E-state index contributed by atoms with van der Waals surface area (Å²) in [5, 5.41) is 9.88. The second-order valence-corrected chi connectivity index (χ2v) is 9.15. The molecule has 10 heteroatoms. The van der Waals surface area contributed by atoms with Crippen molar-refractivity contribution in [1.29, 1.82) is 5.26 Å². The van der Waals surface area contributed by atoms with Crippen LogP contribution in [0.5, 0.6) is 0 Å². The molecule has 5 rings (SSSR count). The van der Waals surface area contributed by atoms with Gasteiger partial charge in [-0.15, -0.1) is 0 Å². The van der Waals surface area contributed by atoms with Crippen molar-refractivity contribution in [3.8, 4) is 17.4 Å². The van der Waals surface area contributed by atoms with Crippen molar-refractivity contribution in [2.24, 2.45) is 0 Å². The maximum absolute atomic E-state index is 15.0. The number of allylic oxidation sites excluding steroid dienone is 2. The minimum atomic E-state index is -3.36. The molecule has 190 valence electrons. The normalized spacial score (nSPS) is 12.0. The number of pyridine rings is 1. The number of rotatable bonds is 5. The first-order chi connectivity index (χ1) is 18.2. The number of nitrogens with zero attached hydrogens (tertiary/aromatic N) is 5. The molecule has 0 saturated carbocycles. The van der Waals surface area contributed by atoms with Crippen LogP contribution in [0.2, 0.25) is 0 Å². The predicted molar refractivity (Wildman–Crippen MR) is 145 cm³/mol. The molecule has 0 spiro atoms. The van der Waals surface area contributed by atoms with E-state index in [1.807, 2.05) is 32.0 Å². The molecule has 0 amide bonds. The molecule has 3 heterocycles. The molecule has 0 unspecified atom stereocenters. The van der Waals surface area contributed by atoms with E-state index in [-0.39, 0.29) is 15.9 Å². The molecule has 3 aromatic heterocycles. The van der Waals surface area contributed by atoms with Crippen LogP contribution >= 0.6 is 12.2 Å². The third-order valence-corrected chi connectivity index (χ3v) is 6.74. The summed E-state index contributed by atoms with van der Waals surface area (Å²) in [5.74, 6) is -2.77. The molecule has 38 heavy (non-hydrogen) atoms. The zero-order valence-corrected chi connectivity index (χ0v) is 21.6. The number of aryl methyl sites for hydroxylation is 2. The maximum atomic E-state index is 15.0. The van der Waals surface area contributed by atoms with Crippen molar-refractivity contribution in [3.63, 3.8) is 0 Å². The summed E-state index contributed by atoms with van der Waals surface area (Å²) in [7, 11) is 0. The Morgan fingerprint density at radius 2 is 1.89 bits per heavy atom. The zero-order chi connectivity index (χ0) is 27.2. The average molecular weight is 529 g/mol. The minimum absolute atomic E-state index is 0.135. The van der Waals surface area contributed by atoms with Crippen molar-refractivity contribution in [1.82, 2.24) is 24.1 Å². The maximum Gasteiger partial charge on any atom is 0.293 e. The quantitative estimate of drug-likeness (QED) is 0.217.